The number of hydrogen-bond acceptors (Lipinski definition) is 1. The lowest BCUT2D eigenvalue weighted by Gasteiger charge is -1.75. The minimum absolute atomic E-state index is 0.253. The molecule has 2 heteroatoms. The van der Waals surface area contributed by atoms with E-state index >= 15 is 0 Å². The molecule has 0 saturated carbocycles. The van der Waals surface area contributed by atoms with E-state index in [4.69, 9.17) is 0 Å². The lowest BCUT2D eigenvalue weighted by Crippen LogP contribution is -1.65. The van der Waals surface area contributed by atoms with Crippen LogP contribution in [0.2, 0.25) is 0 Å². The van der Waals surface area contributed by atoms with Crippen LogP contribution in [0.25, 0.3) is 0 Å². The maximum Gasteiger partial charge on any atom is 0.123 e. The van der Waals surface area contributed by atoms with Gasteiger partial charge in [-0.05, 0) is 6.08 Å². The van der Waals surface area contributed by atoms with Crippen LogP contribution in [-0.2, 0) is 4.79 Å². The normalized spacial score (nSPS) is 9.62. The van der Waals surface area contributed by atoms with E-state index < -0.39 is 5.83 Å². The molecular formula is C6H7FO. The van der Waals surface area contributed by atoms with Gasteiger partial charge in [0, 0.05) is 6.42 Å². The fraction of sp³-hybridized carbons (Fsp3) is 0.167. The molecule has 0 spiro atoms. The van der Waals surface area contributed by atoms with Gasteiger partial charge in [0.1, 0.15) is 12.1 Å². The predicted molar refractivity (Wildman–Crippen MR) is 30.1 cm³/mol. The summed E-state index contributed by atoms with van der Waals surface area (Å²) in [6.45, 7) is 2.96. The summed E-state index contributed by atoms with van der Waals surface area (Å²) in [6, 6.07) is 0. The maximum absolute atomic E-state index is 11.6. The molecule has 0 fully saturated rings. The summed E-state index contributed by atoms with van der Waals surface area (Å²) < 4.78 is 11.6. The zero-order chi connectivity index (χ0) is 6.41. The van der Waals surface area contributed by atoms with Crippen LogP contribution in [0, 0.1) is 0 Å². The minimum atomic E-state index is -0.521. The SMILES string of the molecule is C=C(F)/C=C\CC=O. The Morgan fingerprint density at radius 1 is 1.75 bits per heavy atom. The smallest absolute Gasteiger partial charge is 0.123 e. The Morgan fingerprint density at radius 3 is 2.75 bits per heavy atom. The highest BCUT2D eigenvalue weighted by molar-refractivity contribution is 5.52. The van der Waals surface area contributed by atoms with E-state index in [1.54, 1.807) is 0 Å². The van der Waals surface area contributed by atoms with E-state index in [0.717, 1.165) is 6.08 Å². The Morgan fingerprint density at radius 2 is 2.38 bits per heavy atom. The second kappa shape index (κ2) is 4.24. The van der Waals surface area contributed by atoms with Crippen molar-refractivity contribution < 1.29 is 9.18 Å². The summed E-state index contributed by atoms with van der Waals surface area (Å²) in [5.74, 6) is -0.521. The fourth-order valence-electron chi connectivity index (χ4n) is 0.251. The molecule has 0 atom stereocenters. The van der Waals surface area contributed by atoms with Gasteiger partial charge >= 0.3 is 0 Å². The van der Waals surface area contributed by atoms with Crippen molar-refractivity contribution in [2.75, 3.05) is 0 Å². The fourth-order valence-corrected chi connectivity index (χ4v) is 0.251. The summed E-state index contributed by atoms with van der Waals surface area (Å²) in [7, 11) is 0. The Labute approximate surface area is 47.5 Å². The number of halogens is 1. The van der Waals surface area contributed by atoms with Gasteiger partial charge in [-0.1, -0.05) is 12.7 Å². The molecule has 0 amide bonds. The van der Waals surface area contributed by atoms with Crippen molar-refractivity contribution in [3.63, 3.8) is 0 Å². The molecule has 0 aliphatic heterocycles. The Balaban J connectivity index is 3.34. The first-order valence-electron chi connectivity index (χ1n) is 2.22. The molecule has 0 aromatic rings. The summed E-state index contributed by atoms with van der Waals surface area (Å²) >= 11 is 0. The first-order chi connectivity index (χ1) is 3.77. The first kappa shape index (κ1) is 7.08. The highest BCUT2D eigenvalue weighted by Gasteiger charge is 1.75. The van der Waals surface area contributed by atoms with Crippen LogP contribution >= 0.6 is 0 Å². The van der Waals surface area contributed by atoms with Gasteiger partial charge in [-0.3, -0.25) is 0 Å². The molecule has 0 unspecified atom stereocenters. The molecule has 0 radical (unpaired) electrons. The molecule has 8 heavy (non-hydrogen) atoms. The Bertz CT molecular complexity index is 116. The predicted octanol–water partition coefficient (Wildman–Crippen LogP) is 1.61. The quantitative estimate of drug-likeness (QED) is 0.402. The second-order valence-corrected chi connectivity index (χ2v) is 1.25. The van der Waals surface area contributed by atoms with Gasteiger partial charge in [0.05, 0.1) is 0 Å². The molecule has 0 aromatic carbocycles. The van der Waals surface area contributed by atoms with Gasteiger partial charge in [0.15, 0.2) is 0 Å². The van der Waals surface area contributed by atoms with E-state index in [0.29, 0.717) is 6.29 Å². The first-order valence-corrected chi connectivity index (χ1v) is 2.22. The van der Waals surface area contributed by atoms with Crippen LogP contribution in [-0.4, -0.2) is 6.29 Å². The molecule has 0 heterocycles. The number of allylic oxidation sites excluding steroid dienone is 3. The molecule has 1 nitrogen and oxygen atoms in total. The lowest BCUT2D eigenvalue weighted by atomic mass is 10.4. The van der Waals surface area contributed by atoms with Gasteiger partial charge in [-0.15, -0.1) is 0 Å². The van der Waals surface area contributed by atoms with Crippen molar-refractivity contribution in [2.24, 2.45) is 0 Å². The molecular weight excluding hydrogens is 107 g/mol. The average molecular weight is 114 g/mol. The third kappa shape index (κ3) is 5.08. The summed E-state index contributed by atoms with van der Waals surface area (Å²) in [6.07, 6.45) is 3.52. The molecule has 0 aromatic heterocycles. The number of rotatable bonds is 3. The molecule has 0 rings (SSSR count). The molecule has 0 N–H and O–H groups in total. The Kier molecular flexibility index (Phi) is 3.76. The number of carbonyl (C=O) groups excluding carboxylic acids is 1. The van der Waals surface area contributed by atoms with Gasteiger partial charge in [0.2, 0.25) is 0 Å². The zero-order valence-corrected chi connectivity index (χ0v) is 4.43. The van der Waals surface area contributed by atoms with Crippen LogP contribution in [0.1, 0.15) is 6.42 Å². The molecule has 0 saturated heterocycles. The highest BCUT2D eigenvalue weighted by Crippen LogP contribution is 1.92. The average Bonchev–Trinajstić information content (AvgIpc) is 1.66. The molecule has 44 valence electrons. The third-order valence-electron chi connectivity index (χ3n) is 0.531. The van der Waals surface area contributed by atoms with E-state index in [1.165, 1.54) is 6.08 Å². The second-order valence-electron chi connectivity index (χ2n) is 1.25. The standard InChI is InChI=1S/C6H7FO/c1-6(7)4-2-3-5-8/h2,4-5H,1,3H2/b4-2-. The summed E-state index contributed by atoms with van der Waals surface area (Å²) in [5.41, 5.74) is 0. The van der Waals surface area contributed by atoms with Crippen molar-refractivity contribution >= 4 is 6.29 Å². The van der Waals surface area contributed by atoms with Gasteiger partial charge in [-0.25, -0.2) is 4.39 Å². The Hall–Kier alpha value is -0.920. The van der Waals surface area contributed by atoms with Crippen molar-refractivity contribution in [3.05, 3.63) is 24.6 Å². The number of hydrogen-bond donors (Lipinski definition) is 0. The monoisotopic (exact) mass is 114 g/mol. The zero-order valence-electron chi connectivity index (χ0n) is 4.43. The van der Waals surface area contributed by atoms with Gasteiger partial charge in [-0.2, -0.15) is 0 Å². The largest absolute Gasteiger partial charge is 0.303 e. The van der Waals surface area contributed by atoms with Crippen LogP contribution in [0.15, 0.2) is 24.6 Å². The maximum atomic E-state index is 11.6. The summed E-state index contributed by atoms with van der Waals surface area (Å²) in [5, 5.41) is 0. The van der Waals surface area contributed by atoms with Crippen molar-refractivity contribution in [1.82, 2.24) is 0 Å². The van der Waals surface area contributed by atoms with E-state index in [-0.39, 0.29) is 6.42 Å². The number of aldehydes is 1. The number of carbonyl (C=O) groups is 1. The molecule has 0 aliphatic rings. The highest BCUT2D eigenvalue weighted by atomic mass is 19.1. The molecule has 0 aliphatic carbocycles. The van der Waals surface area contributed by atoms with E-state index in [1.807, 2.05) is 0 Å². The van der Waals surface area contributed by atoms with Crippen LogP contribution < -0.4 is 0 Å². The van der Waals surface area contributed by atoms with Crippen molar-refractivity contribution in [3.8, 4) is 0 Å². The van der Waals surface area contributed by atoms with Crippen molar-refractivity contribution in [1.29, 1.82) is 0 Å². The third-order valence-corrected chi connectivity index (χ3v) is 0.531. The molecule has 0 bridgehead atoms. The van der Waals surface area contributed by atoms with Crippen LogP contribution in [0.5, 0.6) is 0 Å². The van der Waals surface area contributed by atoms with Crippen LogP contribution in [0.4, 0.5) is 4.39 Å². The van der Waals surface area contributed by atoms with Crippen molar-refractivity contribution in [2.45, 2.75) is 6.42 Å². The van der Waals surface area contributed by atoms with Gasteiger partial charge < -0.3 is 4.79 Å². The minimum Gasteiger partial charge on any atom is -0.303 e. The van der Waals surface area contributed by atoms with E-state index in [2.05, 4.69) is 6.58 Å². The van der Waals surface area contributed by atoms with Gasteiger partial charge in [0.25, 0.3) is 0 Å². The van der Waals surface area contributed by atoms with E-state index in [9.17, 15) is 9.18 Å². The lowest BCUT2D eigenvalue weighted by molar-refractivity contribution is -0.107. The topological polar surface area (TPSA) is 17.1 Å². The summed E-state index contributed by atoms with van der Waals surface area (Å²) in [4.78, 5) is 9.58. The van der Waals surface area contributed by atoms with Crippen LogP contribution in [0.3, 0.4) is 0 Å².